The van der Waals surface area contributed by atoms with Crippen LogP contribution in [0, 0.1) is 0 Å². The van der Waals surface area contributed by atoms with Crippen LogP contribution in [0.5, 0.6) is 23.0 Å². The Balaban J connectivity index is 1.73. The van der Waals surface area contributed by atoms with Crippen LogP contribution in [0.3, 0.4) is 0 Å². The van der Waals surface area contributed by atoms with Crippen molar-refractivity contribution in [2.75, 3.05) is 28.4 Å². The molecule has 0 saturated heterocycles. The molecule has 3 heterocycles. The molecule has 0 atom stereocenters. The molecule has 0 N–H and O–H groups in total. The Labute approximate surface area is 201 Å². The molecule has 0 bridgehead atoms. The van der Waals surface area contributed by atoms with Gasteiger partial charge in [-0.3, -0.25) is 9.20 Å². The van der Waals surface area contributed by atoms with Crippen molar-refractivity contribution in [1.82, 2.24) is 19.2 Å². The zero-order chi connectivity index (χ0) is 24.7. The molecular formula is C26H24N4O5. The van der Waals surface area contributed by atoms with Crippen molar-refractivity contribution >= 4 is 22.8 Å². The van der Waals surface area contributed by atoms with E-state index in [4.69, 9.17) is 18.9 Å². The van der Waals surface area contributed by atoms with Crippen molar-refractivity contribution in [3.8, 4) is 45.5 Å². The summed E-state index contributed by atoms with van der Waals surface area (Å²) < 4.78 is 25.9. The second kappa shape index (κ2) is 8.68. The van der Waals surface area contributed by atoms with Gasteiger partial charge < -0.3 is 23.5 Å². The number of carbonyl (C=O) groups excluding carboxylic acids is 1. The van der Waals surface area contributed by atoms with Crippen LogP contribution in [-0.2, 0) is 7.05 Å². The van der Waals surface area contributed by atoms with Crippen LogP contribution >= 0.6 is 0 Å². The Kier molecular flexibility index (Phi) is 5.52. The summed E-state index contributed by atoms with van der Waals surface area (Å²) in [5.41, 5.74) is 4.72. The molecule has 5 aromatic rings. The number of nitrogens with zero attached hydrogens (tertiary/aromatic N) is 4. The predicted octanol–water partition coefficient (Wildman–Crippen LogP) is 4.40. The van der Waals surface area contributed by atoms with E-state index in [1.807, 2.05) is 64.8 Å². The van der Waals surface area contributed by atoms with Gasteiger partial charge >= 0.3 is 0 Å². The van der Waals surface area contributed by atoms with Crippen molar-refractivity contribution in [2.24, 2.45) is 7.05 Å². The number of ether oxygens (including phenoxy) is 4. The van der Waals surface area contributed by atoms with E-state index in [0.29, 0.717) is 40.0 Å². The second-order valence-corrected chi connectivity index (χ2v) is 7.97. The van der Waals surface area contributed by atoms with Gasteiger partial charge in [-0.15, -0.1) is 10.2 Å². The molecular weight excluding hydrogens is 448 g/mol. The van der Waals surface area contributed by atoms with Crippen LogP contribution in [-0.4, -0.2) is 53.9 Å². The molecule has 0 unspecified atom stereocenters. The predicted molar refractivity (Wildman–Crippen MR) is 132 cm³/mol. The van der Waals surface area contributed by atoms with Gasteiger partial charge in [-0.2, -0.15) is 0 Å². The number of methoxy groups -OCH3 is 4. The number of hydrogen-bond acceptors (Lipinski definition) is 7. The Hall–Kier alpha value is -4.53. The number of aryl methyl sites for hydroxylation is 1. The van der Waals surface area contributed by atoms with Gasteiger partial charge in [0.15, 0.2) is 29.4 Å². The first-order valence-corrected chi connectivity index (χ1v) is 10.8. The molecule has 5 rings (SSSR count). The third-order valence-electron chi connectivity index (χ3n) is 6.09. The molecule has 0 saturated carbocycles. The van der Waals surface area contributed by atoms with Gasteiger partial charge in [-0.05, 0) is 35.9 Å². The summed E-state index contributed by atoms with van der Waals surface area (Å²) >= 11 is 0. The van der Waals surface area contributed by atoms with Crippen LogP contribution in [0.4, 0.5) is 0 Å². The smallest absolute Gasteiger partial charge is 0.203 e. The first-order valence-electron chi connectivity index (χ1n) is 10.8. The highest BCUT2D eigenvalue weighted by atomic mass is 16.5. The van der Waals surface area contributed by atoms with E-state index in [9.17, 15) is 4.79 Å². The topological polar surface area (TPSA) is 89.1 Å². The van der Waals surface area contributed by atoms with E-state index in [-0.39, 0.29) is 0 Å². The summed E-state index contributed by atoms with van der Waals surface area (Å²) in [7, 11) is 8.21. The fourth-order valence-electron chi connectivity index (χ4n) is 4.37. The highest BCUT2D eigenvalue weighted by Gasteiger charge is 2.20. The van der Waals surface area contributed by atoms with E-state index >= 15 is 0 Å². The number of carbonyl (C=O) groups is 1. The fraction of sp³-hybridized carbons (Fsp3) is 0.192. The molecule has 0 amide bonds. The molecule has 0 radical (unpaired) electrons. The minimum absolute atomic E-state index is 0.494. The maximum absolute atomic E-state index is 11.6. The summed E-state index contributed by atoms with van der Waals surface area (Å²) in [6, 6.07) is 11.6. The van der Waals surface area contributed by atoms with Crippen LogP contribution in [0.2, 0.25) is 0 Å². The average molecular weight is 473 g/mol. The molecule has 0 spiro atoms. The first kappa shape index (κ1) is 22.3. The summed E-state index contributed by atoms with van der Waals surface area (Å²) in [5.74, 6) is 2.66. The SMILES string of the molecule is COc1cc(-c2nnc3c(OC)cc(-c4ccc5c(c4)c(C=O)cn5C)cn23)cc(OC)c1OC. The zero-order valence-corrected chi connectivity index (χ0v) is 20.0. The monoisotopic (exact) mass is 472 g/mol. The Morgan fingerprint density at radius 3 is 2.09 bits per heavy atom. The maximum atomic E-state index is 11.6. The van der Waals surface area contributed by atoms with Gasteiger partial charge in [0.2, 0.25) is 11.4 Å². The summed E-state index contributed by atoms with van der Waals surface area (Å²) in [6.07, 6.45) is 4.65. The van der Waals surface area contributed by atoms with E-state index in [1.54, 1.807) is 28.4 Å². The number of pyridine rings is 1. The zero-order valence-electron chi connectivity index (χ0n) is 20.0. The van der Waals surface area contributed by atoms with Gasteiger partial charge in [0.1, 0.15) is 0 Å². The molecule has 178 valence electrons. The third-order valence-corrected chi connectivity index (χ3v) is 6.09. The molecule has 35 heavy (non-hydrogen) atoms. The molecule has 2 aromatic carbocycles. The van der Waals surface area contributed by atoms with Gasteiger partial charge in [0, 0.05) is 47.0 Å². The number of hydrogen-bond donors (Lipinski definition) is 0. The van der Waals surface area contributed by atoms with Crippen LogP contribution in [0.25, 0.3) is 39.1 Å². The molecule has 0 fully saturated rings. The van der Waals surface area contributed by atoms with E-state index in [2.05, 4.69) is 10.2 Å². The van der Waals surface area contributed by atoms with Gasteiger partial charge in [-0.25, -0.2) is 0 Å². The molecule has 3 aromatic heterocycles. The molecule has 9 heteroatoms. The largest absolute Gasteiger partial charge is 0.493 e. The number of rotatable bonds is 7. The quantitative estimate of drug-likeness (QED) is 0.324. The summed E-state index contributed by atoms with van der Waals surface area (Å²) in [6.45, 7) is 0. The van der Waals surface area contributed by atoms with Crippen molar-refractivity contribution in [2.45, 2.75) is 0 Å². The van der Waals surface area contributed by atoms with Crippen molar-refractivity contribution in [3.05, 3.63) is 54.4 Å². The fourth-order valence-corrected chi connectivity index (χ4v) is 4.37. The first-order chi connectivity index (χ1) is 17.0. The lowest BCUT2D eigenvalue weighted by atomic mass is 10.0. The standard InChI is InChI=1S/C26H24N4O5/c1-29-12-18(14-31)19-8-15(6-7-20(19)29)17-11-23(34-4)26-28-27-25(30(26)13-17)16-9-21(32-2)24(35-5)22(10-16)33-3/h6-14H,1-5H3. The normalized spacial score (nSPS) is 11.1. The lowest BCUT2D eigenvalue weighted by Crippen LogP contribution is -1.98. The summed E-state index contributed by atoms with van der Waals surface area (Å²) in [4.78, 5) is 11.6. The van der Waals surface area contributed by atoms with E-state index in [1.165, 1.54) is 0 Å². The number of fused-ring (bicyclic) bond motifs is 2. The van der Waals surface area contributed by atoms with Crippen LogP contribution < -0.4 is 18.9 Å². The number of aldehydes is 1. The Bertz CT molecular complexity index is 1560. The van der Waals surface area contributed by atoms with Crippen LogP contribution in [0.1, 0.15) is 10.4 Å². The van der Waals surface area contributed by atoms with Gasteiger partial charge in [0.05, 0.1) is 28.4 Å². The van der Waals surface area contributed by atoms with Crippen molar-refractivity contribution in [3.63, 3.8) is 0 Å². The highest BCUT2D eigenvalue weighted by molar-refractivity contribution is 5.99. The molecule has 0 aliphatic carbocycles. The van der Waals surface area contributed by atoms with Crippen molar-refractivity contribution < 1.29 is 23.7 Å². The van der Waals surface area contributed by atoms with Gasteiger partial charge in [0.25, 0.3) is 0 Å². The Morgan fingerprint density at radius 1 is 0.771 bits per heavy atom. The summed E-state index contributed by atoms with van der Waals surface area (Å²) in [5, 5.41) is 9.67. The highest BCUT2D eigenvalue weighted by Crippen LogP contribution is 2.41. The second-order valence-electron chi connectivity index (χ2n) is 7.97. The third kappa shape index (κ3) is 3.52. The molecule has 0 aliphatic heterocycles. The Morgan fingerprint density at radius 2 is 1.46 bits per heavy atom. The molecule has 9 nitrogen and oxygen atoms in total. The lowest BCUT2D eigenvalue weighted by molar-refractivity contribution is 0.112. The van der Waals surface area contributed by atoms with Gasteiger partial charge in [-0.1, -0.05) is 6.07 Å². The van der Waals surface area contributed by atoms with Crippen molar-refractivity contribution in [1.29, 1.82) is 0 Å². The van der Waals surface area contributed by atoms with E-state index in [0.717, 1.165) is 33.9 Å². The van der Waals surface area contributed by atoms with Crippen LogP contribution in [0.15, 0.2) is 48.8 Å². The molecule has 0 aliphatic rings. The minimum atomic E-state index is 0.494. The lowest BCUT2D eigenvalue weighted by Gasteiger charge is -2.14. The maximum Gasteiger partial charge on any atom is 0.203 e. The average Bonchev–Trinajstić information content (AvgIpc) is 3.47. The number of benzene rings is 2. The minimum Gasteiger partial charge on any atom is -0.493 e. The van der Waals surface area contributed by atoms with E-state index < -0.39 is 0 Å². The number of aromatic nitrogens is 4.